The highest BCUT2D eigenvalue weighted by Crippen LogP contribution is 2.11. The molecule has 0 aliphatic heterocycles. The van der Waals surface area contributed by atoms with Crippen LogP contribution in [0.15, 0.2) is 42.6 Å². The Morgan fingerprint density at radius 1 is 1.12 bits per heavy atom. The van der Waals surface area contributed by atoms with E-state index in [4.69, 9.17) is 4.74 Å². The summed E-state index contributed by atoms with van der Waals surface area (Å²) < 4.78 is 6.66. The van der Waals surface area contributed by atoms with Gasteiger partial charge in [-0.1, -0.05) is 6.92 Å². The summed E-state index contributed by atoms with van der Waals surface area (Å²) in [4.78, 5) is 35.4. The third kappa shape index (κ3) is 4.55. The van der Waals surface area contributed by atoms with Gasteiger partial charge in [0.05, 0.1) is 0 Å². The van der Waals surface area contributed by atoms with Gasteiger partial charge in [0.25, 0.3) is 0 Å². The molecule has 0 spiro atoms. The van der Waals surface area contributed by atoms with Gasteiger partial charge in [0.1, 0.15) is 5.69 Å². The molecule has 1 aromatic heterocycles. The standard InChI is InChI=1S/C18H20N2O4/c1-3-5-17(22)19-14-9-7-13(8-10-14)16(21)12-24-18(23)15-6-4-11-20(15)2/h4,6-11H,3,5,12H2,1-2H3,(H,19,22). The zero-order chi connectivity index (χ0) is 17.5. The molecule has 0 radical (unpaired) electrons. The predicted molar refractivity (Wildman–Crippen MR) is 90.0 cm³/mol. The van der Waals surface area contributed by atoms with E-state index in [1.807, 2.05) is 6.92 Å². The van der Waals surface area contributed by atoms with Crippen molar-refractivity contribution in [2.45, 2.75) is 19.8 Å². The van der Waals surface area contributed by atoms with Crippen LogP contribution in [0.3, 0.4) is 0 Å². The van der Waals surface area contributed by atoms with Crippen LogP contribution in [0.2, 0.25) is 0 Å². The molecule has 126 valence electrons. The first-order valence-electron chi connectivity index (χ1n) is 7.73. The Balaban J connectivity index is 1.89. The fraction of sp³-hybridized carbons (Fsp3) is 0.278. The van der Waals surface area contributed by atoms with Gasteiger partial charge in [-0.25, -0.2) is 4.79 Å². The molecule has 1 aromatic carbocycles. The molecular weight excluding hydrogens is 308 g/mol. The van der Waals surface area contributed by atoms with Crippen LogP contribution < -0.4 is 5.32 Å². The maximum atomic E-state index is 12.1. The van der Waals surface area contributed by atoms with E-state index in [9.17, 15) is 14.4 Å². The minimum atomic E-state index is -0.542. The second kappa shape index (κ2) is 8.10. The van der Waals surface area contributed by atoms with Crippen LogP contribution in [0.25, 0.3) is 0 Å². The van der Waals surface area contributed by atoms with Crippen molar-refractivity contribution >= 4 is 23.3 Å². The minimum Gasteiger partial charge on any atom is -0.453 e. The third-order valence-corrected chi connectivity index (χ3v) is 3.45. The van der Waals surface area contributed by atoms with Gasteiger partial charge in [-0.05, 0) is 42.8 Å². The molecule has 6 heteroatoms. The topological polar surface area (TPSA) is 77.4 Å². The van der Waals surface area contributed by atoms with Crippen molar-refractivity contribution in [2.75, 3.05) is 11.9 Å². The average Bonchev–Trinajstić information content (AvgIpc) is 2.99. The number of rotatable bonds is 7. The van der Waals surface area contributed by atoms with Crippen LogP contribution in [-0.2, 0) is 16.6 Å². The molecule has 0 saturated heterocycles. The van der Waals surface area contributed by atoms with Crippen LogP contribution in [0.4, 0.5) is 5.69 Å². The summed E-state index contributed by atoms with van der Waals surface area (Å²) in [6.45, 7) is 1.60. The Morgan fingerprint density at radius 3 is 2.42 bits per heavy atom. The smallest absolute Gasteiger partial charge is 0.355 e. The lowest BCUT2D eigenvalue weighted by Gasteiger charge is -2.07. The molecule has 0 aliphatic rings. The third-order valence-electron chi connectivity index (χ3n) is 3.45. The number of amides is 1. The molecule has 1 N–H and O–H groups in total. The number of ether oxygens (including phenoxy) is 1. The van der Waals surface area contributed by atoms with Gasteiger partial charge in [-0.15, -0.1) is 0 Å². The lowest BCUT2D eigenvalue weighted by molar-refractivity contribution is -0.116. The van der Waals surface area contributed by atoms with Crippen LogP contribution in [0, 0.1) is 0 Å². The highest BCUT2D eigenvalue weighted by Gasteiger charge is 2.14. The Morgan fingerprint density at radius 2 is 1.83 bits per heavy atom. The molecular formula is C18H20N2O4. The molecule has 0 unspecified atom stereocenters. The number of aryl methyl sites for hydroxylation is 1. The van der Waals surface area contributed by atoms with Gasteiger partial charge in [-0.3, -0.25) is 9.59 Å². The number of hydrogen-bond donors (Lipinski definition) is 1. The van der Waals surface area contributed by atoms with Crippen molar-refractivity contribution in [2.24, 2.45) is 7.05 Å². The van der Waals surface area contributed by atoms with E-state index in [2.05, 4.69) is 5.32 Å². The Bertz CT molecular complexity index is 732. The second-order valence-electron chi connectivity index (χ2n) is 5.38. The number of ketones is 1. The van der Waals surface area contributed by atoms with Gasteiger partial charge in [0, 0.05) is 30.9 Å². The summed E-state index contributed by atoms with van der Waals surface area (Å²) in [5, 5.41) is 2.75. The molecule has 0 aliphatic carbocycles. The molecule has 1 heterocycles. The van der Waals surface area contributed by atoms with E-state index in [0.29, 0.717) is 23.4 Å². The summed E-state index contributed by atoms with van der Waals surface area (Å²) in [6.07, 6.45) is 2.95. The molecule has 2 aromatic rings. The number of esters is 1. The largest absolute Gasteiger partial charge is 0.453 e. The number of nitrogens with one attached hydrogen (secondary N) is 1. The van der Waals surface area contributed by atoms with Gasteiger partial charge in [-0.2, -0.15) is 0 Å². The van der Waals surface area contributed by atoms with Gasteiger partial charge < -0.3 is 14.6 Å². The minimum absolute atomic E-state index is 0.0620. The zero-order valence-corrected chi connectivity index (χ0v) is 13.7. The predicted octanol–water partition coefficient (Wildman–Crippen LogP) is 2.80. The van der Waals surface area contributed by atoms with Crippen molar-refractivity contribution in [3.63, 3.8) is 0 Å². The van der Waals surface area contributed by atoms with E-state index < -0.39 is 5.97 Å². The number of carbonyl (C=O) groups is 3. The van der Waals surface area contributed by atoms with Gasteiger partial charge in [0.2, 0.25) is 5.91 Å². The molecule has 0 bridgehead atoms. The molecule has 0 fully saturated rings. The number of anilines is 1. The SMILES string of the molecule is CCCC(=O)Nc1ccc(C(=O)COC(=O)c2cccn2C)cc1. The summed E-state index contributed by atoms with van der Waals surface area (Å²) >= 11 is 0. The fourth-order valence-electron chi connectivity index (χ4n) is 2.15. The lowest BCUT2D eigenvalue weighted by atomic mass is 10.1. The second-order valence-corrected chi connectivity index (χ2v) is 5.38. The van der Waals surface area contributed by atoms with Crippen LogP contribution in [0.1, 0.15) is 40.6 Å². The molecule has 2 rings (SSSR count). The van der Waals surface area contributed by atoms with Crippen LogP contribution in [-0.4, -0.2) is 28.8 Å². The first-order chi connectivity index (χ1) is 11.5. The highest BCUT2D eigenvalue weighted by atomic mass is 16.5. The van der Waals surface area contributed by atoms with Crippen molar-refractivity contribution in [1.29, 1.82) is 0 Å². The van der Waals surface area contributed by atoms with Crippen molar-refractivity contribution in [1.82, 2.24) is 4.57 Å². The Hall–Kier alpha value is -2.89. The molecule has 1 amide bonds. The van der Waals surface area contributed by atoms with Crippen LogP contribution >= 0.6 is 0 Å². The number of carbonyl (C=O) groups excluding carboxylic acids is 3. The molecule has 0 saturated carbocycles. The maximum absolute atomic E-state index is 12.1. The van der Waals surface area contributed by atoms with Crippen molar-refractivity contribution in [3.8, 4) is 0 Å². The molecule has 6 nitrogen and oxygen atoms in total. The number of benzene rings is 1. The van der Waals surface area contributed by atoms with Gasteiger partial charge in [0.15, 0.2) is 12.4 Å². The van der Waals surface area contributed by atoms with E-state index >= 15 is 0 Å². The number of aromatic nitrogens is 1. The Kier molecular flexibility index (Phi) is 5.89. The van der Waals surface area contributed by atoms with E-state index in [1.54, 1.807) is 54.2 Å². The van der Waals surface area contributed by atoms with E-state index in [1.165, 1.54) is 0 Å². The van der Waals surface area contributed by atoms with Crippen molar-refractivity contribution in [3.05, 3.63) is 53.9 Å². The summed E-state index contributed by atoms with van der Waals surface area (Å²) in [5.41, 5.74) is 1.44. The number of Topliss-reactive ketones (excluding diaryl/α,β-unsaturated/α-hetero) is 1. The summed E-state index contributed by atoms with van der Waals surface area (Å²) in [5.74, 6) is -0.906. The maximum Gasteiger partial charge on any atom is 0.355 e. The first-order valence-corrected chi connectivity index (χ1v) is 7.73. The van der Waals surface area contributed by atoms with E-state index in [0.717, 1.165) is 6.42 Å². The average molecular weight is 328 g/mol. The lowest BCUT2D eigenvalue weighted by Crippen LogP contribution is -2.16. The first kappa shape index (κ1) is 17.5. The quantitative estimate of drug-likeness (QED) is 0.626. The Labute approximate surface area is 140 Å². The monoisotopic (exact) mass is 328 g/mol. The zero-order valence-electron chi connectivity index (χ0n) is 13.7. The normalized spacial score (nSPS) is 10.2. The molecule has 0 atom stereocenters. The van der Waals surface area contributed by atoms with Crippen molar-refractivity contribution < 1.29 is 19.1 Å². The number of hydrogen-bond acceptors (Lipinski definition) is 4. The van der Waals surface area contributed by atoms with Gasteiger partial charge >= 0.3 is 5.97 Å². The van der Waals surface area contributed by atoms with Crippen LogP contribution in [0.5, 0.6) is 0 Å². The fourth-order valence-corrected chi connectivity index (χ4v) is 2.15. The number of nitrogens with zero attached hydrogens (tertiary/aromatic N) is 1. The molecule has 24 heavy (non-hydrogen) atoms. The highest BCUT2D eigenvalue weighted by molar-refractivity contribution is 5.99. The summed E-state index contributed by atoms with van der Waals surface area (Å²) in [7, 11) is 1.73. The summed E-state index contributed by atoms with van der Waals surface area (Å²) in [6, 6.07) is 9.85. The van der Waals surface area contributed by atoms with E-state index in [-0.39, 0.29) is 18.3 Å².